The number of sulfonamides is 1. The van der Waals surface area contributed by atoms with E-state index in [1.54, 1.807) is 26.0 Å². The van der Waals surface area contributed by atoms with Gasteiger partial charge in [0.05, 0.1) is 11.0 Å². The molecule has 0 aromatic heterocycles. The van der Waals surface area contributed by atoms with Gasteiger partial charge in [0.25, 0.3) is 10.0 Å². The van der Waals surface area contributed by atoms with Crippen molar-refractivity contribution in [2.24, 2.45) is 0 Å². The number of para-hydroxylation sites is 1. The largest absolute Gasteiger partial charge is 0.489 e. The summed E-state index contributed by atoms with van der Waals surface area (Å²) in [5.41, 5.74) is 0.755. The lowest BCUT2D eigenvalue weighted by Crippen LogP contribution is -2.16. The van der Waals surface area contributed by atoms with Gasteiger partial charge in [-0.2, -0.15) is 0 Å². The minimum Gasteiger partial charge on any atom is -0.489 e. The van der Waals surface area contributed by atoms with E-state index in [0.717, 1.165) is 5.56 Å². The number of halogens is 1. The maximum absolute atomic E-state index is 14.0. The first-order chi connectivity index (χ1) is 10.3. The molecule has 0 heterocycles. The monoisotopic (exact) mass is 323 g/mol. The fourth-order valence-corrected chi connectivity index (χ4v) is 2.95. The Morgan fingerprint density at radius 2 is 1.73 bits per heavy atom. The highest BCUT2D eigenvalue weighted by Crippen LogP contribution is 2.30. The van der Waals surface area contributed by atoms with Crippen molar-refractivity contribution < 1.29 is 17.5 Å². The normalized spacial score (nSPS) is 11.5. The van der Waals surface area contributed by atoms with Gasteiger partial charge in [-0.3, -0.25) is 4.72 Å². The first-order valence-electron chi connectivity index (χ1n) is 6.84. The number of ether oxygens (including phenoxy) is 1. The maximum Gasteiger partial charge on any atom is 0.262 e. The molecule has 0 radical (unpaired) electrons. The van der Waals surface area contributed by atoms with E-state index >= 15 is 0 Å². The lowest BCUT2D eigenvalue weighted by Gasteiger charge is -2.16. The Morgan fingerprint density at radius 1 is 1.09 bits per heavy atom. The summed E-state index contributed by atoms with van der Waals surface area (Å²) in [7, 11) is -3.88. The fourth-order valence-electron chi connectivity index (χ4n) is 1.87. The molecule has 118 valence electrons. The molecular weight excluding hydrogens is 305 g/mol. The van der Waals surface area contributed by atoms with Crippen LogP contribution < -0.4 is 9.46 Å². The molecule has 0 amide bonds. The van der Waals surface area contributed by atoms with Gasteiger partial charge in [0, 0.05) is 0 Å². The van der Waals surface area contributed by atoms with Crippen LogP contribution in [-0.2, 0) is 10.0 Å². The summed E-state index contributed by atoms with van der Waals surface area (Å²) in [5, 5.41) is 0. The summed E-state index contributed by atoms with van der Waals surface area (Å²) in [6.45, 7) is 5.42. The van der Waals surface area contributed by atoms with Gasteiger partial charge in [0.1, 0.15) is 11.4 Å². The molecule has 0 spiro atoms. The summed E-state index contributed by atoms with van der Waals surface area (Å²) in [5.74, 6) is -0.528. The molecule has 2 rings (SSSR count). The van der Waals surface area contributed by atoms with Crippen molar-refractivity contribution >= 4 is 15.7 Å². The molecule has 0 fully saturated rings. The lowest BCUT2D eigenvalue weighted by molar-refractivity contribution is 0.243. The molecule has 0 aliphatic carbocycles. The van der Waals surface area contributed by atoms with Gasteiger partial charge in [-0.05, 0) is 45.0 Å². The highest BCUT2D eigenvalue weighted by atomic mass is 32.2. The third-order valence-corrected chi connectivity index (χ3v) is 4.27. The number of hydrogen-bond acceptors (Lipinski definition) is 3. The van der Waals surface area contributed by atoms with Gasteiger partial charge in [0.15, 0.2) is 5.82 Å². The lowest BCUT2D eigenvalue weighted by atomic mass is 10.2. The Labute approximate surface area is 130 Å². The Morgan fingerprint density at radius 3 is 2.32 bits per heavy atom. The molecule has 1 N–H and O–H groups in total. The summed E-state index contributed by atoms with van der Waals surface area (Å²) < 4.78 is 46.5. The zero-order valence-corrected chi connectivity index (χ0v) is 13.4. The van der Waals surface area contributed by atoms with Crippen LogP contribution >= 0.6 is 0 Å². The summed E-state index contributed by atoms with van der Waals surface area (Å²) >= 11 is 0. The molecule has 6 heteroatoms. The van der Waals surface area contributed by atoms with Gasteiger partial charge in [-0.15, -0.1) is 0 Å². The van der Waals surface area contributed by atoms with Crippen molar-refractivity contribution in [1.29, 1.82) is 0 Å². The zero-order chi connectivity index (χ0) is 16.3. The number of benzene rings is 2. The van der Waals surface area contributed by atoms with Crippen LogP contribution in [-0.4, -0.2) is 14.5 Å². The molecule has 0 bridgehead atoms. The van der Waals surface area contributed by atoms with Gasteiger partial charge < -0.3 is 4.74 Å². The summed E-state index contributed by atoms with van der Waals surface area (Å²) in [6, 6.07) is 10.5. The molecule has 2 aromatic carbocycles. The maximum atomic E-state index is 14.0. The number of anilines is 1. The number of hydrogen-bond donors (Lipinski definition) is 1. The van der Waals surface area contributed by atoms with Crippen LogP contribution in [0.1, 0.15) is 19.4 Å². The van der Waals surface area contributed by atoms with Crippen LogP contribution in [0, 0.1) is 12.7 Å². The third-order valence-electron chi connectivity index (χ3n) is 2.91. The predicted molar refractivity (Wildman–Crippen MR) is 84.2 cm³/mol. The van der Waals surface area contributed by atoms with Crippen LogP contribution in [0.25, 0.3) is 0 Å². The first kappa shape index (κ1) is 16.3. The quantitative estimate of drug-likeness (QED) is 0.912. The van der Waals surface area contributed by atoms with Gasteiger partial charge in [-0.1, -0.05) is 23.8 Å². The van der Waals surface area contributed by atoms with Gasteiger partial charge >= 0.3 is 0 Å². The Bertz CT molecular complexity index is 755. The molecule has 0 aliphatic rings. The number of rotatable bonds is 5. The molecule has 0 aliphatic heterocycles. The fraction of sp³-hybridized carbons (Fsp3) is 0.250. The Kier molecular flexibility index (Phi) is 4.71. The highest BCUT2D eigenvalue weighted by molar-refractivity contribution is 7.92. The number of nitrogens with one attached hydrogen (secondary N) is 1. The molecular formula is C16H18FNO3S. The van der Waals surface area contributed by atoms with Crippen LogP contribution in [0.4, 0.5) is 10.1 Å². The van der Waals surface area contributed by atoms with Crippen molar-refractivity contribution in [2.45, 2.75) is 31.8 Å². The number of aryl methyl sites for hydroxylation is 1. The Balaban J connectivity index is 2.39. The van der Waals surface area contributed by atoms with Crippen LogP contribution in [0.15, 0.2) is 47.4 Å². The van der Waals surface area contributed by atoms with Crippen molar-refractivity contribution in [3.05, 3.63) is 53.8 Å². The second-order valence-electron chi connectivity index (χ2n) is 5.20. The van der Waals surface area contributed by atoms with Crippen LogP contribution in [0.5, 0.6) is 5.75 Å². The van der Waals surface area contributed by atoms with E-state index in [0.29, 0.717) is 0 Å². The van der Waals surface area contributed by atoms with Crippen LogP contribution in [0.2, 0.25) is 0 Å². The Hall–Kier alpha value is -2.08. The molecule has 22 heavy (non-hydrogen) atoms. The minimum atomic E-state index is -3.88. The van der Waals surface area contributed by atoms with Crippen molar-refractivity contribution in [3.8, 4) is 5.75 Å². The van der Waals surface area contributed by atoms with E-state index in [1.807, 2.05) is 6.92 Å². The molecule has 2 aromatic rings. The molecule has 0 unspecified atom stereocenters. The van der Waals surface area contributed by atoms with Crippen molar-refractivity contribution in [1.82, 2.24) is 0 Å². The van der Waals surface area contributed by atoms with Crippen molar-refractivity contribution in [3.63, 3.8) is 0 Å². The average Bonchev–Trinajstić information content (AvgIpc) is 2.42. The SMILES string of the molecule is Cc1ccc(S(=O)(=O)Nc2c(F)cccc2OC(C)C)cc1. The van der Waals surface area contributed by atoms with E-state index in [1.165, 1.54) is 30.3 Å². The van der Waals surface area contributed by atoms with E-state index in [9.17, 15) is 12.8 Å². The van der Waals surface area contributed by atoms with Crippen molar-refractivity contribution in [2.75, 3.05) is 4.72 Å². The summed E-state index contributed by atoms with van der Waals surface area (Å²) in [6.07, 6.45) is -0.204. The van der Waals surface area contributed by atoms with Gasteiger partial charge in [-0.25, -0.2) is 12.8 Å². The third kappa shape index (κ3) is 3.76. The molecule has 0 atom stereocenters. The second-order valence-corrected chi connectivity index (χ2v) is 6.88. The van der Waals surface area contributed by atoms with Gasteiger partial charge in [0.2, 0.25) is 0 Å². The first-order valence-corrected chi connectivity index (χ1v) is 8.32. The second kappa shape index (κ2) is 6.36. The minimum absolute atomic E-state index is 0.0665. The van der Waals surface area contributed by atoms with E-state index in [2.05, 4.69) is 4.72 Å². The van der Waals surface area contributed by atoms with E-state index in [4.69, 9.17) is 4.74 Å². The smallest absolute Gasteiger partial charge is 0.262 e. The highest BCUT2D eigenvalue weighted by Gasteiger charge is 2.19. The predicted octanol–water partition coefficient (Wildman–Crippen LogP) is 3.72. The molecule has 0 saturated carbocycles. The summed E-state index contributed by atoms with van der Waals surface area (Å²) in [4.78, 5) is 0.0665. The molecule has 4 nitrogen and oxygen atoms in total. The van der Waals surface area contributed by atoms with Crippen LogP contribution in [0.3, 0.4) is 0 Å². The standard InChI is InChI=1S/C16H18FNO3S/c1-11(2)21-15-6-4-5-14(17)16(15)18-22(19,20)13-9-7-12(3)8-10-13/h4-11,18H,1-3H3. The van der Waals surface area contributed by atoms with E-state index < -0.39 is 15.8 Å². The average molecular weight is 323 g/mol. The zero-order valence-electron chi connectivity index (χ0n) is 12.6. The topological polar surface area (TPSA) is 55.4 Å². The van der Waals surface area contributed by atoms with E-state index in [-0.39, 0.29) is 22.4 Å². The molecule has 0 saturated heterocycles.